The second kappa shape index (κ2) is 9.48. The highest BCUT2D eigenvalue weighted by Gasteiger charge is 2.25. The summed E-state index contributed by atoms with van der Waals surface area (Å²) < 4.78 is 15.9. The van der Waals surface area contributed by atoms with Crippen molar-refractivity contribution in [3.05, 3.63) is 80.2 Å². The first-order chi connectivity index (χ1) is 15.5. The lowest BCUT2D eigenvalue weighted by Gasteiger charge is -2.17. The maximum atomic E-state index is 14.5. The van der Waals surface area contributed by atoms with Crippen LogP contribution >= 0.6 is 0 Å². The number of H-pyrrole nitrogens is 1. The quantitative estimate of drug-likeness (QED) is 0.593. The molecule has 8 heteroatoms. The van der Waals surface area contributed by atoms with Crippen molar-refractivity contribution in [1.29, 1.82) is 0 Å². The molecule has 0 bridgehead atoms. The number of halogens is 1. The molecule has 1 aliphatic heterocycles. The summed E-state index contributed by atoms with van der Waals surface area (Å²) in [5, 5.41) is 3.34. The predicted molar refractivity (Wildman–Crippen MR) is 122 cm³/mol. The van der Waals surface area contributed by atoms with Crippen molar-refractivity contribution in [2.75, 3.05) is 19.6 Å². The van der Waals surface area contributed by atoms with Crippen LogP contribution < -0.4 is 16.6 Å². The molecule has 0 saturated carbocycles. The molecule has 1 unspecified atom stereocenters. The Labute approximate surface area is 184 Å². The van der Waals surface area contributed by atoms with Gasteiger partial charge in [-0.3, -0.25) is 19.1 Å². The lowest BCUT2D eigenvalue weighted by atomic mass is 10.1. The van der Waals surface area contributed by atoms with Crippen LogP contribution in [0.15, 0.2) is 52.1 Å². The summed E-state index contributed by atoms with van der Waals surface area (Å²) in [7, 11) is 0. The van der Waals surface area contributed by atoms with E-state index >= 15 is 0 Å². The Bertz CT molecular complexity index is 1250. The Morgan fingerprint density at radius 2 is 2.03 bits per heavy atom. The topological polar surface area (TPSA) is 87.2 Å². The number of hydrogen-bond donors (Lipinski definition) is 2. The summed E-state index contributed by atoms with van der Waals surface area (Å²) in [4.78, 5) is 41.9. The molecule has 4 rings (SSSR count). The van der Waals surface area contributed by atoms with E-state index in [0.29, 0.717) is 16.5 Å². The summed E-state index contributed by atoms with van der Waals surface area (Å²) >= 11 is 0. The van der Waals surface area contributed by atoms with Crippen LogP contribution in [-0.4, -0.2) is 46.0 Å². The van der Waals surface area contributed by atoms with Gasteiger partial charge in [0.05, 0.1) is 23.0 Å². The van der Waals surface area contributed by atoms with Gasteiger partial charge < -0.3 is 10.2 Å². The third-order valence-corrected chi connectivity index (χ3v) is 5.96. The van der Waals surface area contributed by atoms with Crippen LogP contribution in [0.5, 0.6) is 0 Å². The van der Waals surface area contributed by atoms with Crippen LogP contribution in [0.4, 0.5) is 4.39 Å². The van der Waals surface area contributed by atoms with Gasteiger partial charge in [0.1, 0.15) is 5.82 Å². The van der Waals surface area contributed by atoms with Crippen molar-refractivity contribution in [2.24, 2.45) is 0 Å². The number of rotatable bonds is 7. The summed E-state index contributed by atoms with van der Waals surface area (Å²) in [6.45, 7) is 4.95. The van der Waals surface area contributed by atoms with Crippen molar-refractivity contribution in [3.8, 4) is 0 Å². The zero-order valence-electron chi connectivity index (χ0n) is 18.1. The molecule has 168 valence electrons. The highest BCUT2D eigenvalue weighted by Crippen LogP contribution is 2.16. The summed E-state index contributed by atoms with van der Waals surface area (Å²) in [5.41, 5.74) is 0.0190. The molecule has 0 aliphatic carbocycles. The Morgan fingerprint density at radius 3 is 2.84 bits per heavy atom. The van der Waals surface area contributed by atoms with E-state index in [0.717, 1.165) is 38.9 Å². The Morgan fingerprint density at radius 1 is 1.22 bits per heavy atom. The van der Waals surface area contributed by atoms with Gasteiger partial charge in [-0.15, -0.1) is 0 Å². The first-order valence-corrected chi connectivity index (χ1v) is 11.0. The smallest absolute Gasteiger partial charge is 0.329 e. The molecular formula is C24H27FN4O3. The molecule has 0 radical (unpaired) electrons. The number of para-hydroxylation sites is 1. The van der Waals surface area contributed by atoms with Gasteiger partial charge in [-0.2, -0.15) is 0 Å². The number of fused-ring (bicyclic) bond motifs is 1. The normalized spacial score (nSPS) is 16.5. The largest absolute Gasteiger partial charge is 0.348 e. The minimum Gasteiger partial charge on any atom is -0.348 e. The third-order valence-electron chi connectivity index (χ3n) is 5.96. The summed E-state index contributed by atoms with van der Waals surface area (Å²) in [6, 6.07) is 11.0. The number of unbranched alkanes of at least 4 members (excludes halogenated alkanes) is 1. The number of nitrogens with zero attached hydrogens (tertiary/aromatic N) is 2. The average molecular weight is 439 g/mol. The number of amides is 1. The van der Waals surface area contributed by atoms with Gasteiger partial charge in [0, 0.05) is 19.1 Å². The van der Waals surface area contributed by atoms with Gasteiger partial charge in [0.2, 0.25) is 0 Å². The molecule has 1 fully saturated rings. The molecule has 32 heavy (non-hydrogen) atoms. The van der Waals surface area contributed by atoms with Gasteiger partial charge >= 0.3 is 5.69 Å². The van der Waals surface area contributed by atoms with Gasteiger partial charge in [-0.25, -0.2) is 9.18 Å². The van der Waals surface area contributed by atoms with E-state index in [1.807, 2.05) is 0 Å². The van der Waals surface area contributed by atoms with Crippen molar-refractivity contribution < 1.29 is 9.18 Å². The summed E-state index contributed by atoms with van der Waals surface area (Å²) in [5.74, 6) is -1.06. The van der Waals surface area contributed by atoms with Crippen LogP contribution in [-0.2, 0) is 6.54 Å². The Hall–Kier alpha value is -3.26. The number of carbonyl (C=O) groups is 1. The van der Waals surface area contributed by atoms with E-state index in [1.54, 1.807) is 30.3 Å². The first-order valence-electron chi connectivity index (χ1n) is 11.0. The Balaban J connectivity index is 1.54. The monoisotopic (exact) mass is 438 g/mol. The number of aromatic nitrogens is 2. The number of aromatic amines is 1. The molecule has 2 N–H and O–H groups in total. The summed E-state index contributed by atoms with van der Waals surface area (Å²) in [6.07, 6.45) is 3.09. The molecule has 1 aromatic heterocycles. The molecular weight excluding hydrogens is 411 g/mol. The molecule has 0 spiro atoms. The highest BCUT2D eigenvalue weighted by atomic mass is 19.1. The van der Waals surface area contributed by atoms with Crippen LogP contribution in [0.2, 0.25) is 0 Å². The molecule has 2 aromatic carbocycles. The second-order valence-corrected chi connectivity index (χ2v) is 8.29. The van der Waals surface area contributed by atoms with Crippen LogP contribution in [0.3, 0.4) is 0 Å². The van der Waals surface area contributed by atoms with Gasteiger partial charge in [0.15, 0.2) is 0 Å². The zero-order chi connectivity index (χ0) is 22.7. The SMILES string of the molecule is CCCCN1CCC(NC(=O)c2cc(Cn3c(=O)[nH]c(=O)c4ccccc43)ccc2F)C1. The third kappa shape index (κ3) is 4.65. The minimum atomic E-state index is -0.606. The fourth-order valence-corrected chi connectivity index (χ4v) is 4.23. The standard InChI is InChI=1S/C24H27FN4O3/c1-2-3-11-28-12-10-17(15-28)26-23(31)19-13-16(8-9-20(19)25)14-29-21-7-5-4-6-18(21)22(30)27-24(29)32/h4-9,13,17H,2-3,10-12,14-15H2,1H3,(H,26,31)(H,27,30,32). The van der Waals surface area contributed by atoms with Gasteiger partial charge in [-0.1, -0.05) is 31.5 Å². The van der Waals surface area contributed by atoms with Crippen molar-refractivity contribution in [2.45, 2.75) is 38.8 Å². The number of hydrogen-bond acceptors (Lipinski definition) is 4. The van der Waals surface area contributed by atoms with Crippen molar-refractivity contribution >= 4 is 16.8 Å². The number of benzene rings is 2. The predicted octanol–water partition coefficient (Wildman–Crippen LogP) is 2.48. The lowest BCUT2D eigenvalue weighted by Crippen LogP contribution is -2.37. The van der Waals surface area contributed by atoms with Gasteiger partial charge in [-0.05, 0) is 49.2 Å². The average Bonchev–Trinajstić information content (AvgIpc) is 3.23. The molecule has 1 amide bonds. The van der Waals surface area contributed by atoms with E-state index in [4.69, 9.17) is 0 Å². The van der Waals surface area contributed by atoms with Crippen LogP contribution in [0.1, 0.15) is 42.1 Å². The molecule has 3 aromatic rings. The van der Waals surface area contributed by atoms with Crippen LogP contribution in [0, 0.1) is 5.82 Å². The highest BCUT2D eigenvalue weighted by molar-refractivity contribution is 5.95. The van der Waals surface area contributed by atoms with E-state index < -0.39 is 23.0 Å². The molecule has 2 heterocycles. The fraction of sp³-hybridized carbons (Fsp3) is 0.375. The maximum absolute atomic E-state index is 14.5. The molecule has 7 nitrogen and oxygen atoms in total. The number of likely N-dealkylation sites (tertiary alicyclic amines) is 1. The number of nitrogens with one attached hydrogen (secondary N) is 2. The van der Waals surface area contributed by atoms with Crippen molar-refractivity contribution in [3.63, 3.8) is 0 Å². The van der Waals surface area contributed by atoms with Crippen LogP contribution in [0.25, 0.3) is 10.9 Å². The van der Waals surface area contributed by atoms with E-state index in [1.165, 1.54) is 16.7 Å². The maximum Gasteiger partial charge on any atom is 0.329 e. The van der Waals surface area contributed by atoms with E-state index in [-0.39, 0.29) is 18.2 Å². The molecule has 1 atom stereocenters. The molecule has 1 saturated heterocycles. The molecule has 1 aliphatic rings. The fourth-order valence-electron chi connectivity index (χ4n) is 4.23. The first kappa shape index (κ1) is 22.0. The zero-order valence-corrected chi connectivity index (χ0v) is 18.1. The number of carbonyl (C=O) groups excluding carboxylic acids is 1. The van der Waals surface area contributed by atoms with E-state index in [9.17, 15) is 18.8 Å². The second-order valence-electron chi connectivity index (χ2n) is 8.29. The minimum absolute atomic E-state index is 0.00632. The lowest BCUT2D eigenvalue weighted by molar-refractivity contribution is 0.0933. The van der Waals surface area contributed by atoms with Gasteiger partial charge in [0.25, 0.3) is 11.5 Å². The van der Waals surface area contributed by atoms with Crippen molar-refractivity contribution in [1.82, 2.24) is 19.8 Å². The Kier molecular flexibility index (Phi) is 6.50. The van der Waals surface area contributed by atoms with E-state index in [2.05, 4.69) is 22.1 Å².